The largest absolute Gasteiger partial charge is 0.439 e. The van der Waals surface area contributed by atoms with Crippen LogP contribution in [0.3, 0.4) is 0 Å². The van der Waals surface area contributed by atoms with Crippen LogP contribution in [0.5, 0.6) is 11.6 Å². The molecule has 1 atom stereocenters. The Bertz CT molecular complexity index is 492. The van der Waals surface area contributed by atoms with Gasteiger partial charge in [0.05, 0.1) is 0 Å². The first-order valence-corrected chi connectivity index (χ1v) is 5.61. The third-order valence-corrected chi connectivity index (χ3v) is 2.50. The molecule has 0 saturated carbocycles. The van der Waals surface area contributed by atoms with Crippen molar-refractivity contribution in [3.63, 3.8) is 0 Å². The lowest BCUT2D eigenvalue weighted by molar-refractivity contribution is 0.462. The summed E-state index contributed by atoms with van der Waals surface area (Å²) in [6.45, 7) is 3.96. The van der Waals surface area contributed by atoms with Crippen LogP contribution in [0.1, 0.15) is 24.1 Å². The van der Waals surface area contributed by atoms with Gasteiger partial charge in [-0.25, -0.2) is 4.98 Å². The molecule has 1 aromatic carbocycles. The molecule has 2 N–H and O–H groups in total. The molecule has 17 heavy (non-hydrogen) atoms. The molecule has 3 nitrogen and oxygen atoms in total. The minimum absolute atomic E-state index is 0.00415. The zero-order valence-corrected chi connectivity index (χ0v) is 10.1. The number of aromatic nitrogens is 1. The van der Waals surface area contributed by atoms with Crippen molar-refractivity contribution in [3.05, 3.63) is 53.7 Å². The molecule has 0 spiro atoms. The van der Waals surface area contributed by atoms with Crippen LogP contribution in [-0.4, -0.2) is 4.98 Å². The van der Waals surface area contributed by atoms with E-state index in [-0.39, 0.29) is 6.04 Å². The lowest BCUT2D eigenvalue weighted by Gasteiger charge is -2.07. The van der Waals surface area contributed by atoms with E-state index in [4.69, 9.17) is 10.5 Å². The van der Waals surface area contributed by atoms with Gasteiger partial charge in [-0.15, -0.1) is 0 Å². The molecule has 0 aliphatic carbocycles. The topological polar surface area (TPSA) is 48.1 Å². The average molecular weight is 228 g/mol. The molecule has 0 unspecified atom stereocenters. The van der Waals surface area contributed by atoms with Crippen molar-refractivity contribution in [2.75, 3.05) is 0 Å². The number of nitrogens with two attached hydrogens (primary N) is 1. The van der Waals surface area contributed by atoms with Crippen LogP contribution in [0.25, 0.3) is 0 Å². The molecule has 88 valence electrons. The van der Waals surface area contributed by atoms with E-state index in [2.05, 4.69) is 4.98 Å². The fourth-order valence-corrected chi connectivity index (χ4v) is 1.52. The Balaban J connectivity index is 2.14. The van der Waals surface area contributed by atoms with Crippen molar-refractivity contribution in [1.29, 1.82) is 0 Å². The van der Waals surface area contributed by atoms with E-state index in [1.807, 2.05) is 50.2 Å². The van der Waals surface area contributed by atoms with Gasteiger partial charge in [0.2, 0.25) is 5.88 Å². The molecule has 0 saturated heterocycles. The summed E-state index contributed by atoms with van der Waals surface area (Å²) in [5, 5.41) is 0. The highest BCUT2D eigenvalue weighted by atomic mass is 16.5. The molecule has 0 fully saturated rings. The van der Waals surface area contributed by atoms with Gasteiger partial charge >= 0.3 is 0 Å². The highest BCUT2D eigenvalue weighted by Crippen LogP contribution is 2.21. The summed E-state index contributed by atoms with van der Waals surface area (Å²) in [6.07, 6.45) is 1.75. The van der Waals surface area contributed by atoms with Crippen LogP contribution in [-0.2, 0) is 0 Å². The average Bonchev–Trinajstić information content (AvgIpc) is 2.29. The SMILES string of the molecule is Cc1cccc(Oc2ccc([C@@H](C)N)cn2)c1. The van der Waals surface area contributed by atoms with Crippen molar-refractivity contribution in [2.45, 2.75) is 19.9 Å². The summed E-state index contributed by atoms with van der Waals surface area (Å²) in [5.41, 5.74) is 7.92. The van der Waals surface area contributed by atoms with Gasteiger partial charge in [0.25, 0.3) is 0 Å². The predicted octanol–water partition coefficient (Wildman–Crippen LogP) is 3.20. The molecule has 1 heterocycles. The van der Waals surface area contributed by atoms with Crippen LogP contribution in [0.15, 0.2) is 42.6 Å². The Kier molecular flexibility index (Phi) is 3.40. The maximum Gasteiger partial charge on any atom is 0.219 e. The summed E-state index contributed by atoms with van der Waals surface area (Å²) in [5.74, 6) is 1.38. The van der Waals surface area contributed by atoms with E-state index < -0.39 is 0 Å². The van der Waals surface area contributed by atoms with E-state index in [9.17, 15) is 0 Å². The Morgan fingerprint density at radius 2 is 2.06 bits per heavy atom. The molecule has 0 bridgehead atoms. The van der Waals surface area contributed by atoms with E-state index in [0.29, 0.717) is 5.88 Å². The highest BCUT2D eigenvalue weighted by molar-refractivity contribution is 5.31. The quantitative estimate of drug-likeness (QED) is 0.877. The number of nitrogens with zero attached hydrogens (tertiary/aromatic N) is 1. The highest BCUT2D eigenvalue weighted by Gasteiger charge is 2.02. The molecular formula is C14H16N2O. The Hall–Kier alpha value is -1.87. The number of pyridine rings is 1. The summed E-state index contributed by atoms with van der Waals surface area (Å²) in [6, 6.07) is 11.6. The number of hydrogen-bond donors (Lipinski definition) is 1. The van der Waals surface area contributed by atoms with Crippen molar-refractivity contribution in [2.24, 2.45) is 5.73 Å². The minimum Gasteiger partial charge on any atom is -0.439 e. The first-order valence-electron chi connectivity index (χ1n) is 5.61. The smallest absolute Gasteiger partial charge is 0.219 e. The molecule has 2 rings (SSSR count). The van der Waals surface area contributed by atoms with Crippen molar-refractivity contribution in [1.82, 2.24) is 4.98 Å². The monoisotopic (exact) mass is 228 g/mol. The zero-order valence-electron chi connectivity index (χ0n) is 10.1. The second kappa shape index (κ2) is 4.97. The fourth-order valence-electron chi connectivity index (χ4n) is 1.52. The van der Waals surface area contributed by atoms with E-state index in [0.717, 1.165) is 16.9 Å². The van der Waals surface area contributed by atoms with Gasteiger partial charge in [-0.2, -0.15) is 0 Å². The number of hydrogen-bond acceptors (Lipinski definition) is 3. The Labute approximate surface area is 101 Å². The van der Waals surface area contributed by atoms with Gasteiger partial charge in [0.1, 0.15) is 5.75 Å². The number of benzene rings is 1. The molecule has 0 aliphatic heterocycles. The van der Waals surface area contributed by atoms with Crippen LogP contribution >= 0.6 is 0 Å². The van der Waals surface area contributed by atoms with Crippen molar-refractivity contribution < 1.29 is 4.74 Å². The molecule has 2 aromatic rings. The third-order valence-electron chi connectivity index (χ3n) is 2.50. The number of aryl methyl sites for hydroxylation is 1. The lowest BCUT2D eigenvalue weighted by atomic mass is 10.2. The molecule has 0 amide bonds. The van der Waals surface area contributed by atoms with Crippen LogP contribution < -0.4 is 10.5 Å². The first-order chi connectivity index (χ1) is 8.15. The Morgan fingerprint density at radius 1 is 1.24 bits per heavy atom. The zero-order chi connectivity index (χ0) is 12.3. The second-order valence-electron chi connectivity index (χ2n) is 4.14. The lowest BCUT2D eigenvalue weighted by Crippen LogP contribution is -2.05. The van der Waals surface area contributed by atoms with Gasteiger partial charge in [-0.1, -0.05) is 18.2 Å². The summed E-state index contributed by atoms with van der Waals surface area (Å²) < 4.78 is 5.64. The Morgan fingerprint density at radius 3 is 2.65 bits per heavy atom. The fraction of sp³-hybridized carbons (Fsp3) is 0.214. The molecule has 3 heteroatoms. The van der Waals surface area contributed by atoms with E-state index >= 15 is 0 Å². The van der Waals surface area contributed by atoms with Crippen LogP contribution in [0.4, 0.5) is 0 Å². The predicted molar refractivity (Wildman–Crippen MR) is 68.1 cm³/mol. The summed E-state index contributed by atoms with van der Waals surface area (Å²) in [4.78, 5) is 4.22. The molecule has 0 aliphatic rings. The molecule has 0 radical (unpaired) electrons. The molecule has 1 aromatic heterocycles. The van der Waals surface area contributed by atoms with Crippen molar-refractivity contribution in [3.8, 4) is 11.6 Å². The number of ether oxygens (including phenoxy) is 1. The first kappa shape index (κ1) is 11.6. The van der Waals surface area contributed by atoms with Crippen molar-refractivity contribution >= 4 is 0 Å². The minimum atomic E-state index is -0.00415. The van der Waals surface area contributed by atoms with Crippen LogP contribution in [0, 0.1) is 6.92 Å². The second-order valence-corrected chi connectivity index (χ2v) is 4.14. The maximum absolute atomic E-state index is 5.76. The van der Waals surface area contributed by atoms with Gasteiger partial charge in [-0.3, -0.25) is 0 Å². The van der Waals surface area contributed by atoms with E-state index in [1.165, 1.54) is 0 Å². The number of rotatable bonds is 3. The maximum atomic E-state index is 5.76. The van der Waals surface area contributed by atoms with Gasteiger partial charge in [0, 0.05) is 18.3 Å². The van der Waals surface area contributed by atoms with E-state index in [1.54, 1.807) is 6.20 Å². The van der Waals surface area contributed by atoms with Crippen LogP contribution in [0.2, 0.25) is 0 Å². The standard InChI is InChI=1S/C14H16N2O/c1-10-4-3-5-13(8-10)17-14-7-6-12(9-16-14)11(2)15/h3-9,11H,15H2,1-2H3/t11-/m1/s1. The third kappa shape index (κ3) is 3.04. The normalized spacial score (nSPS) is 12.2. The van der Waals surface area contributed by atoms with Gasteiger partial charge in [0.15, 0.2) is 0 Å². The van der Waals surface area contributed by atoms with Gasteiger partial charge in [-0.05, 0) is 37.1 Å². The van der Waals surface area contributed by atoms with Gasteiger partial charge < -0.3 is 10.5 Å². The summed E-state index contributed by atoms with van der Waals surface area (Å²) in [7, 11) is 0. The molecular weight excluding hydrogens is 212 g/mol. The summed E-state index contributed by atoms with van der Waals surface area (Å²) >= 11 is 0.